The van der Waals surface area contributed by atoms with E-state index in [4.69, 9.17) is 5.11 Å². The van der Waals surface area contributed by atoms with Gasteiger partial charge in [-0.05, 0) is 25.0 Å². The number of carbonyl (C=O) groups is 2. The van der Waals surface area contributed by atoms with Crippen LogP contribution in [0.25, 0.3) is 10.2 Å². The molecule has 2 heterocycles. The summed E-state index contributed by atoms with van der Waals surface area (Å²) < 4.78 is 1.11. The maximum atomic E-state index is 12.1. The summed E-state index contributed by atoms with van der Waals surface area (Å²) in [5.41, 5.74) is 0.944. The van der Waals surface area contributed by atoms with Crippen LogP contribution >= 0.6 is 11.3 Å². The molecule has 0 spiro atoms. The van der Waals surface area contributed by atoms with Gasteiger partial charge >= 0.3 is 12.0 Å². The fraction of sp³-hybridized carbons (Fsp3) is 0.400. The summed E-state index contributed by atoms with van der Waals surface area (Å²) in [6.07, 6.45) is 1.04. The van der Waals surface area contributed by atoms with E-state index in [1.807, 2.05) is 24.3 Å². The molecule has 7 heteroatoms. The largest absolute Gasteiger partial charge is 0.481 e. The topological polar surface area (TPSA) is 82.5 Å². The van der Waals surface area contributed by atoms with Crippen molar-refractivity contribution >= 4 is 33.6 Å². The molecule has 1 aliphatic rings. The minimum atomic E-state index is -0.769. The molecule has 0 unspecified atom stereocenters. The van der Waals surface area contributed by atoms with Crippen molar-refractivity contribution in [1.29, 1.82) is 0 Å². The van der Waals surface area contributed by atoms with Crippen LogP contribution in [0.5, 0.6) is 0 Å². The molecule has 0 atom stereocenters. The monoisotopic (exact) mass is 319 g/mol. The molecule has 0 bridgehead atoms. The van der Waals surface area contributed by atoms with Crippen molar-refractivity contribution in [2.24, 2.45) is 5.92 Å². The van der Waals surface area contributed by atoms with Gasteiger partial charge in [0.05, 0.1) is 22.7 Å². The molecule has 2 aromatic rings. The summed E-state index contributed by atoms with van der Waals surface area (Å²) in [6.45, 7) is 1.38. The van der Waals surface area contributed by atoms with Crippen LogP contribution in [0.2, 0.25) is 0 Å². The van der Waals surface area contributed by atoms with Crippen LogP contribution in [0.4, 0.5) is 4.79 Å². The molecule has 22 heavy (non-hydrogen) atoms. The van der Waals surface area contributed by atoms with Crippen LogP contribution in [-0.2, 0) is 11.3 Å². The van der Waals surface area contributed by atoms with Gasteiger partial charge in [0.25, 0.3) is 0 Å². The summed E-state index contributed by atoms with van der Waals surface area (Å²) >= 11 is 1.57. The number of carbonyl (C=O) groups excluding carboxylic acids is 1. The number of likely N-dealkylation sites (tertiary alicyclic amines) is 1. The predicted octanol–water partition coefficient (Wildman–Crippen LogP) is 2.30. The molecule has 1 saturated heterocycles. The molecule has 116 valence electrons. The number of hydrogen-bond donors (Lipinski definition) is 2. The van der Waals surface area contributed by atoms with Crippen molar-refractivity contribution in [1.82, 2.24) is 15.2 Å². The lowest BCUT2D eigenvalue weighted by molar-refractivity contribution is -0.143. The van der Waals surface area contributed by atoms with E-state index < -0.39 is 5.97 Å². The summed E-state index contributed by atoms with van der Waals surface area (Å²) in [6, 6.07) is 7.72. The zero-order valence-electron chi connectivity index (χ0n) is 12.0. The molecule has 1 fully saturated rings. The van der Waals surface area contributed by atoms with E-state index >= 15 is 0 Å². The van der Waals surface area contributed by atoms with Crippen molar-refractivity contribution in [3.8, 4) is 0 Å². The molecule has 1 aromatic heterocycles. The number of urea groups is 1. The zero-order chi connectivity index (χ0) is 15.5. The Bertz CT molecular complexity index is 659. The SMILES string of the molecule is O=C(O)C1CCN(C(=O)NCc2nc3ccccc3s2)CC1. The molecule has 1 aromatic carbocycles. The van der Waals surface area contributed by atoms with Gasteiger partial charge in [0, 0.05) is 13.1 Å². The highest BCUT2D eigenvalue weighted by Crippen LogP contribution is 2.21. The number of carboxylic acid groups (broad SMARTS) is 1. The number of benzene rings is 1. The number of carboxylic acids is 1. The van der Waals surface area contributed by atoms with E-state index in [9.17, 15) is 9.59 Å². The summed E-state index contributed by atoms with van der Waals surface area (Å²) in [7, 11) is 0. The summed E-state index contributed by atoms with van der Waals surface area (Å²) in [5, 5.41) is 12.7. The van der Waals surface area contributed by atoms with Gasteiger partial charge in [-0.15, -0.1) is 11.3 Å². The number of nitrogens with one attached hydrogen (secondary N) is 1. The molecule has 1 aliphatic heterocycles. The van der Waals surface area contributed by atoms with E-state index in [1.165, 1.54) is 0 Å². The Morgan fingerprint density at radius 1 is 1.32 bits per heavy atom. The molecule has 0 saturated carbocycles. The predicted molar refractivity (Wildman–Crippen MR) is 83.8 cm³/mol. The van der Waals surface area contributed by atoms with Crippen LogP contribution in [0.15, 0.2) is 24.3 Å². The average molecular weight is 319 g/mol. The highest BCUT2D eigenvalue weighted by atomic mass is 32.1. The van der Waals surface area contributed by atoms with Gasteiger partial charge in [0.2, 0.25) is 0 Å². The molecular weight excluding hydrogens is 302 g/mol. The first-order valence-electron chi connectivity index (χ1n) is 7.23. The van der Waals surface area contributed by atoms with Crippen LogP contribution in [0.1, 0.15) is 17.8 Å². The Hall–Kier alpha value is -2.15. The summed E-state index contributed by atoms with van der Waals surface area (Å²) in [5.74, 6) is -1.09. The Balaban J connectivity index is 1.53. The fourth-order valence-corrected chi connectivity index (χ4v) is 3.50. The van der Waals surface area contributed by atoms with E-state index in [-0.39, 0.29) is 11.9 Å². The average Bonchev–Trinajstić information content (AvgIpc) is 2.95. The van der Waals surface area contributed by atoms with Gasteiger partial charge in [0.1, 0.15) is 5.01 Å². The van der Waals surface area contributed by atoms with Gasteiger partial charge in [-0.2, -0.15) is 0 Å². The maximum Gasteiger partial charge on any atom is 0.317 e. The highest BCUT2D eigenvalue weighted by Gasteiger charge is 2.26. The number of fused-ring (bicyclic) bond motifs is 1. The van der Waals surface area contributed by atoms with Gasteiger partial charge < -0.3 is 15.3 Å². The number of nitrogens with zero attached hydrogens (tertiary/aromatic N) is 2. The number of aromatic nitrogens is 1. The molecule has 0 aliphatic carbocycles. The lowest BCUT2D eigenvalue weighted by atomic mass is 9.97. The molecule has 3 rings (SSSR count). The Morgan fingerprint density at radius 2 is 2.05 bits per heavy atom. The van der Waals surface area contributed by atoms with Crippen LogP contribution in [-0.4, -0.2) is 40.1 Å². The van der Waals surface area contributed by atoms with Crippen LogP contribution < -0.4 is 5.32 Å². The maximum absolute atomic E-state index is 12.1. The lowest BCUT2D eigenvalue weighted by Gasteiger charge is -2.30. The molecule has 2 amide bonds. The number of rotatable bonds is 3. The second kappa shape index (κ2) is 6.31. The first-order valence-corrected chi connectivity index (χ1v) is 8.05. The van der Waals surface area contributed by atoms with Gasteiger partial charge in [-0.3, -0.25) is 4.79 Å². The Morgan fingerprint density at radius 3 is 2.73 bits per heavy atom. The third-order valence-corrected chi connectivity index (χ3v) is 4.90. The first kappa shape index (κ1) is 14.8. The minimum absolute atomic E-state index is 0.150. The normalized spacial score (nSPS) is 15.9. The fourth-order valence-electron chi connectivity index (χ4n) is 2.59. The second-order valence-corrected chi connectivity index (χ2v) is 6.45. The van der Waals surface area contributed by atoms with E-state index in [1.54, 1.807) is 16.2 Å². The van der Waals surface area contributed by atoms with Gasteiger partial charge in [-0.25, -0.2) is 9.78 Å². The zero-order valence-corrected chi connectivity index (χ0v) is 12.8. The number of aliphatic carboxylic acids is 1. The number of hydrogen-bond acceptors (Lipinski definition) is 4. The second-order valence-electron chi connectivity index (χ2n) is 5.33. The smallest absolute Gasteiger partial charge is 0.317 e. The van der Waals surface area contributed by atoms with E-state index in [0.717, 1.165) is 15.2 Å². The quantitative estimate of drug-likeness (QED) is 0.909. The third-order valence-electron chi connectivity index (χ3n) is 3.86. The Kier molecular flexibility index (Phi) is 4.24. The van der Waals surface area contributed by atoms with Crippen molar-refractivity contribution in [2.75, 3.05) is 13.1 Å². The third kappa shape index (κ3) is 3.19. The molecule has 2 N–H and O–H groups in total. The lowest BCUT2D eigenvalue weighted by Crippen LogP contribution is -2.45. The number of para-hydroxylation sites is 1. The highest BCUT2D eigenvalue weighted by molar-refractivity contribution is 7.18. The van der Waals surface area contributed by atoms with Gasteiger partial charge in [0.15, 0.2) is 0 Å². The van der Waals surface area contributed by atoms with Crippen LogP contribution in [0.3, 0.4) is 0 Å². The van der Waals surface area contributed by atoms with Crippen molar-refractivity contribution in [3.05, 3.63) is 29.3 Å². The van der Waals surface area contributed by atoms with Crippen molar-refractivity contribution < 1.29 is 14.7 Å². The Labute approximate surface area is 131 Å². The van der Waals surface area contributed by atoms with Crippen molar-refractivity contribution in [3.63, 3.8) is 0 Å². The molecule has 0 radical (unpaired) electrons. The van der Waals surface area contributed by atoms with Crippen molar-refractivity contribution in [2.45, 2.75) is 19.4 Å². The number of piperidine rings is 1. The molecule has 6 nitrogen and oxygen atoms in total. The van der Waals surface area contributed by atoms with Crippen LogP contribution in [0, 0.1) is 5.92 Å². The molecular formula is C15H17N3O3S. The van der Waals surface area contributed by atoms with Gasteiger partial charge in [-0.1, -0.05) is 12.1 Å². The minimum Gasteiger partial charge on any atom is -0.481 e. The van der Waals surface area contributed by atoms with E-state index in [0.29, 0.717) is 32.5 Å². The number of thiazole rings is 1. The van der Waals surface area contributed by atoms with E-state index in [2.05, 4.69) is 10.3 Å². The summed E-state index contributed by atoms with van der Waals surface area (Å²) in [4.78, 5) is 29.2. The standard InChI is InChI=1S/C15H17N3O3S/c19-14(20)10-5-7-18(8-6-10)15(21)16-9-13-17-11-3-1-2-4-12(11)22-13/h1-4,10H,5-9H2,(H,16,21)(H,19,20). The number of amides is 2. The first-order chi connectivity index (χ1) is 10.6.